The van der Waals surface area contributed by atoms with Gasteiger partial charge in [0.25, 0.3) is 5.91 Å². The van der Waals surface area contributed by atoms with Gasteiger partial charge in [-0.15, -0.1) is 0 Å². The second kappa shape index (κ2) is 5.72. The van der Waals surface area contributed by atoms with E-state index >= 15 is 0 Å². The van der Waals surface area contributed by atoms with Crippen molar-refractivity contribution in [3.8, 4) is 11.3 Å². The Kier molecular flexibility index (Phi) is 3.12. The maximum absolute atomic E-state index is 12.2. The summed E-state index contributed by atoms with van der Waals surface area (Å²) in [7, 11) is 0. The molecule has 1 amide bonds. The molecule has 1 fully saturated rings. The summed E-state index contributed by atoms with van der Waals surface area (Å²) in [5, 5.41) is 4.19. The van der Waals surface area contributed by atoms with Crippen LogP contribution >= 0.6 is 0 Å². The average Bonchev–Trinajstić information content (AvgIpc) is 3.22. The van der Waals surface area contributed by atoms with Gasteiger partial charge in [-0.25, -0.2) is 5.48 Å². The van der Waals surface area contributed by atoms with Crippen molar-refractivity contribution in [3.05, 3.63) is 59.2 Å². The number of hydroxylamine groups is 1. The van der Waals surface area contributed by atoms with E-state index in [0.717, 1.165) is 52.7 Å². The molecule has 3 aromatic rings. The minimum atomic E-state index is -0.683. The normalized spacial score (nSPS) is 23.4. The van der Waals surface area contributed by atoms with Crippen molar-refractivity contribution in [3.63, 3.8) is 0 Å². The molecule has 0 radical (unpaired) electrons. The molecule has 1 aromatic heterocycles. The molecule has 1 atom stereocenters. The first-order valence-electron chi connectivity index (χ1n) is 9.07. The summed E-state index contributed by atoms with van der Waals surface area (Å²) in [6.45, 7) is 1.20. The van der Waals surface area contributed by atoms with E-state index in [1.165, 1.54) is 0 Å². The van der Waals surface area contributed by atoms with Crippen molar-refractivity contribution >= 4 is 16.8 Å². The van der Waals surface area contributed by atoms with E-state index in [0.29, 0.717) is 12.2 Å². The number of amides is 1. The molecule has 2 aliphatic rings. The zero-order valence-corrected chi connectivity index (χ0v) is 13.7. The molecule has 5 nitrogen and oxygen atoms in total. The summed E-state index contributed by atoms with van der Waals surface area (Å²) in [5.41, 5.74) is 7.95. The monoisotopic (exact) mass is 334 g/mol. The van der Waals surface area contributed by atoms with Crippen LogP contribution in [0, 0.1) is 0 Å². The number of hydrogen-bond acceptors (Lipinski definition) is 3. The Hall–Kier alpha value is -2.63. The predicted molar refractivity (Wildman–Crippen MR) is 96.0 cm³/mol. The first-order chi connectivity index (χ1) is 12.7. The fourth-order valence-corrected chi connectivity index (χ4v) is 3.80. The Bertz CT molecular complexity index is 1000. The molecular weight excluding hydrogens is 314 g/mol. The third-order valence-corrected chi connectivity index (χ3v) is 5.02. The Balaban J connectivity index is 1.62. The van der Waals surface area contributed by atoms with Crippen LogP contribution in [0.15, 0.2) is 42.5 Å². The van der Waals surface area contributed by atoms with Gasteiger partial charge in [0, 0.05) is 22.5 Å². The molecule has 5 rings (SSSR count). The Morgan fingerprint density at radius 2 is 2.04 bits per heavy atom. The fraction of sp³-hybridized carbons (Fsp3) is 0.250. The van der Waals surface area contributed by atoms with Crippen LogP contribution in [0.25, 0.3) is 22.2 Å². The third-order valence-electron chi connectivity index (χ3n) is 5.02. The van der Waals surface area contributed by atoms with E-state index in [1.54, 1.807) is 0 Å². The molecule has 1 unspecified atom stereocenters. The Morgan fingerprint density at radius 3 is 2.84 bits per heavy atom. The first kappa shape index (κ1) is 13.6. The van der Waals surface area contributed by atoms with Gasteiger partial charge in [0.05, 0.1) is 12.6 Å². The quantitative estimate of drug-likeness (QED) is 0.673. The summed E-state index contributed by atoms with van der Waals surface area (Å²) in [4.78, 5) is 21.0. The van der Waals surface area contributed by atoms with Gasteiger partial charge >= 0.3 is 0 Å². The molecule has 3 heterocycles. The Morgan fingerprint density at radius 1 is 1.16 bits per heavy atom. The number of rotatable bonds is 2. The number of hydrogen-bond donors (Lipinski definition) is 3. The number of aromatic nitrogens is 1. The topological polar surface area (TPSA) is 66.1 Å². The minimum absolute atomic E-state index is 0.223. The fourth-order valence-electron chi connectivity index (χ4n) is 3.80. The van der Waals surface area contributed by atoms with Crippen LogP contribution in [-0.4, -0.2) is 17.4 Å². The lowest BCUT2D eigenvalue weighted by Crippen LogP contribution is -2.21. The molecule has 3 N–H and O–H groups in total. The van der Waals surface area contributed by atoms with Gasteiger partial charge in [0.15, 0.2) is 0 Å². The second-order valence-corrected chi connectivity index (χ2v) is 6.51. The van der Waals surface area contributed by atoms with Gasteiger partial charge in [-0.3, -0.25) is 9.63 Å². The number of carbonyl (C=O) groups is 1. The van der Waals surface area contributed by atoms with E-state index < -0.39 is 6.02 Å². The smallest absolute Gasteiger partial charge is 0.275 e. The summed E-state index contributed by atoms with van der Waals surface area (Å²) < 4.78 is 8.57. The van der Waals surface area contributed by atoms with E-state index in [1.807, 2.05) is 42.5 Å². The van der Waals surface area contributed by atoms with Crippen molar-refractivity contribution in [2.75, 3.05) is 6.54 Å². The summed E-state index contributed by atoms with van der Waals surface area (Å²) in [5.74, 6) is -0.223. The van der Waals surface area contributed by atoms with E-state index in [4.69, 9.17) is 6.21 Å². The second-order valence-electron chi connectivity index (χ2n) is 6.51. The van der Waals surface area contributed by atoms with Crippen molar-refractivity contribution in [1.29, 1.82) is 0 Å². The van der Waals surface area contributed by atoms with Crippen molar-refractivity contribution in [2.24, 2.45) is 0 Å². The zero-order chi connectivity index (χ0) is 17.7. The van der Waals surface area contributed by atoms with Crippen LogP contribution in [0.2, 0.25) is 0 Å². The maximum Gasteiger partial charge on any atom is 0.275 e. The largest absolute Gasteiger partial charge is 0.354 e. The average molecular weight is 334 g/mol. The molecule has 0 spiro atoms. The first-order valence-corrected chi connectivity index (χ1v) is 8.57. The van der Waals surface area contributed by atoms with Crippen LogP contribution in [0.4, 0.5) is 0 Å². The highest BCUT2D eigenvalue weighted by Crippen LogP contribution is 2.35. The van der Waals surface area contributed by atoms with Crippen LogP contribution in [0.5, 0.6) is 0 Å². The minimum Gasteiger partial charge on any atom is -0.354 e. The van der Waals surface area contributed by atoms with Crippen LogP contribution in [-0.2, 0) is 11.4 Å². The highest BCUT2D eigenvalue weighted by Gasteiger charge is 2.23. The molecule has 1 saturated heterocycles. The van der Waals surface area contributed by atoms with Crippen molar-refractivity contribution in [1.82, 2.24) is 15.8 Å². The summed E-state index contributed by atoms with van der Waals surface area (Å²) >= 11 is 0. The van der Waals surface area contributed by atoms with Gasteiger partial charge in [-0.05, 0) is 42.6 Å². The predicted octanol–water partition coefficient (Wildman–Crippen LogP) is 3.43. The molecule has 0 aliphatic carbocycles. The number of benzene rings is 2. The molecule has 0 saturated carbocycles. The highest BCUT2D eigenvalue weighted by atomic mass is 16.6. The summed E-state index contributed by atoms with van der Waals surface area (Å²) in [6, 6.07) is 13.1. The lowest BCUT2D eigenvalue weighted by molar-refractivity contribution is 0.0256. The number of H-pyrrole nitrogens is 1. The number of aromatic amines is 1. The Labute approximate surface area is 146 Å². The standard InChI is InChI=1S/C20H19N3O2/c24-20-14-3-1-4-17-18(14)15(11-25-23-20)19(22-17)13-8-6-12(7-9-13)16-5-2-10-21-16/h1,3-4,6-9,16,21-22H,2,5,10-11H2,(H,23,24)/i16D. The van der Waals surface area contributed by atoms with E-state index in [-0.39, 0.29) is 5.91 Å². The molecular formula is C20H19N3O2. The zero-order valence-electron chi connectivity index (χ0n) is 14.7. The van der Waals surface area contributed by atoms with Crippen molar-refractivity contribution < 1.29 is 11.0 Å². The van der Waals surface area contributed by atoms with Crippen molar-refractivity contribution in [2.45, 2.75) is 25.5 Å². The lowest BCUT2D eigenvalue weighted by Gasteiger charge is -2.11. The van der Waals surface area contributed by atoms with Gasteiger partial charge < -0.3 is 10.3 Å². The lowest BCUT2D eigenvalue weighted by atomic mass is 9.99. The molecule has 126 valence electrons. The molecule has 2 aromatic carbocycles. The van der Waals surface area contributed by atoms with Crippen LogP contribution in [0.1, 0.15) is 41.7 Å². The SMILES string of the molecule is [2H]C1(c2ccc(-c3[nH]c4cccc5c4c3CONC5=O)cc2)CCCN1. The highest BCUT2D eigenvalue weighted by molar-refractivity contribution is 6.09. The van der Waals surface area contributed by atoms with E-state index in [2.05, 4.69) is 15.8 Å². The van der Waals surface area contributed by atoms with Gasteiger partial charge in [-0.1, -0.05) is 30.3 Å². The molecule has 5 heteroatoms. The molecule has 2 aliphatic heterocycles. The van der Waals surface area contributed by atoms with E-state index in [9.17, 15) is 4.79 Å². The number of nitrogens with one attached hydrogen (secondary N) is 3. The molecule has 25 heavy (non-hydrogen) atoms. The van der Waals surface area contributed by atoms with Crippen LogP contribution in [0.3, 0.4) is 0 Å². The molecule has 0 bridgehead atoms. The third kappa shape index (κ3) is 2.35. The van der Waals surface area contributed by atoms with Gasteiger partial charge in [-0.2, -0.15) is 0 Å². The van der Waals surface area contributed by atoms with Crippen LogP contribution < -0.4 is 10.8 Å². The van der Waals surface area contributed by atoms with Gasteiger partial charge in [0.1, 0.15) is 6.61 Å². The number of carbonyl (C=O) groups excluding carboxylic acids is 1. The summed E-state index contributed by atoms with van der Waals surface area (Å²) in [6.07, 6.45) is 1.85. The van der Waals surface area contributed by atoms with Gasteiger partial charge in [0.2, 0.25) is 0 Å². The maximum atomic E-state index is 12.2.